The van der Waals surface area contributed by atoms with Gasteiger partial charge in [0.05, 0.1) is 10.0 Å². The quantitative estimate of drug-likeness (QED) is 0.802. The average Bonchev–Trinajstić information content (AvgIpc) is 2.45. The van der Waals surface area contributed by atoms with E-state index in [1.165, 1.54) is 16.4 Å². The van der Waals surface area contributed by atoms with E-state index in [9.17, 15) is 12.8 Å². The molecule has 1 aliphatic heterocycles. The molecule has 126 valence electrons. The highest BCUT2D eigenvalue weighted by molar-refractivity contribution is 7.89. The molecule has 4 nitrogen and oxygen atoms in total. The van der Waals surface area contributed by atoms with Crippen LogP contribution >= 0.6 is 35.6 Å². The smallest absolute Gasteiger partial charge is 0.244 e. The molecular weight excluding hydrogens is 374 g/mol. The van der Waals surface area contributed by atoms with Crippen LogP contribution in [0.5, 0.6) is 0 Å². The van der Waals surface area contributed by atoms with Gasteiger partial charge in [-0.05, 0) is 44.5 Å². The highest BCUT2D eigenvalue weighted by Crippen LogP contribution is 2.32. The van der Waals surface area contributed by atoms with Gasteiger partial charge in [0.1, 0.15) is 4.90 Å². The lowest BCUT2D eigenvalue weighted by atomic mass is 9.98. The Kier molecular flexibility index (Phi) is 7.36. The molecule has 0 spiro atoms. The Balaban J connectivity index is 0.00000242. The number of halogens is 4. The van der Waals surface area contributed by atoms with Gasteiger partial charge in [0.15, 0.2) is 5.82 Å². The molecule has 22 heavy (non-hydrogen) atoms. The minimum atomic E-state index is -3.79. The molecule has 0 atom stereocenters. The van der Waals surface area contributed by atoms with Crippen LogP contribution in [0.3, 0.4) is 0 Å². The first-order chi connectivity index (χ1) is 9.87. The second-order valence-electron chi connectivity index (χ2n) is 5.08. The van der Waals surface area contributed by atoms with Crippen molar-refractivity contribution in [3.8, 4) is 0 Å². The molecule has 1 aromatic carbocycles. The first-order valence-corrected chi connectivity index (χ1v) is 8.85. The fraction of sp³-hybridized carbons (Fsp3) is 0.538. The number of sulfonamides is 1. The third-order valence-corrected chi connectivity index (χ3v) is 6.40. The summed E-state index contributed by atoms with van der Waals surface area (Å²) in [4.78, 5) is -0.224. The molecule has 1 aliphatic rings. The molecule has 1 fully saturated rings. The van der Waals surface area contributed by atoms with Crippen molar-refractivity contribution in [1.29, 1.82) is 0 Å². The van der Waals surface area contributed by atoms with Crippen LogP contribution in [0.15, 0.2) is 17.0 Å². The Bertz CT molecular complexity index is 620. The van der Waals surface area contributed by atoms with Crippen LogP contribution in [0.25, 0.3) is 0 Å². The first-order valence-electron chi connectivity index (χ1n) is 6.66. The Labute approximate surface area is 146 Å². The Hall–Kier alpha value is -0.110. The van der Waals surface area contributed by atoms with Crippen LogP contribution in [0.4, 0.5) is 4.39 Å². The number of nitrogens with zero attached hydrogens (tertiary/aromatic N) is 1. The molecule has 0 amide bonds. The third-order valence-electron chi connectivity index (χ3n) is 3.68. The van der Waals surface area contributed by atoms with Crippen LogP contribution in [-0.4, -0.2) is 39.4 Å². The number of piperidine rings is 1. The highest BCUT2D eigenvalue weighted by atomic mass is 35.5. The monoisotopic (exact) mass is 390 g/mol. The molecule has 1 aromatic rings. The van der Waals surface area contributed by atoms with Gasteiger partial charge in [-0.2, -0.15) is 4.31 Å². The van der Waals surface area contributed by atoms with E-state index in [2.05, 4.69) is 5.32 Å². The molecule has 1 heterocycles. The summed E-state index contributed by atoms with van der Waals surface area (Å²) in [6.07, 6.45) is 1.54. The van der Waals surface area contributed by atoms with Crippen molar-refractivity contribution >= 4 is 45.6 Å². The van der Waals surface area contributed by atoms with Gasteiger partial charge in [-0.1, -0.05) is 23.2 Å². The molecule has 1 N–H and O–H groups in total. The second kappa shape index (κ2) is 8.13. The van der Waals surface area contributed by atoms with Crippen molar-refractivity contribution in [3.63, 3.8) is 0 Å². The van der Waals surface area contributed by atoms with E-state index in [1.54, 1.807) is 0 Å². The molecule has 9 heteroatoms. The summed E-state index contributed by atoms with van der Waals surface area (Å²) in [5.74, 6) is -0.441. The lowest BCUT2D eigenvalue weighted by Gasteiger charge is -2.31. The standard InChI is InChI=1S/C13H17Cl2FN2O2S.ClH/c1-17-8-9-4-6-18(7-5-9)21(19,20)11-3-2-10(14)13(16)12(11)15;/h2-3,9,17H,4-8H2,1H3;1H. The number of hydrogen-bond acceptors (Lipinski definition) is 3. The maximum absolute atomic E-state index is 13.7. The molecule has 2 rings (SSSR count). The number of benzene rings is 1. The average molecular weight is 392 g/mol. The van der Waals surface area contributed by atoms with E-state index < -0.39 is 20.9 Å². The van der Waals surface area contributed by atoms with Crippen molar-refractivity contribution in [2.24, 2.45) is 5.92 Å². The third kappa shape index (κ3) is 4.04. The molecule has 0 radical (unpaired) electrons. The number of hydrogen-bond donors (Lipinski definition) is 1. The Morgan fingerprint density at radius 2 is 1.91 bits per heavy atom. The summed E-state index contributed by atoms with van der Waals surface area (Å²) in [7, 11) is -1.91. The predicted octanol–water partition coefficient (Wildman–Crippen LogP) is 3.17. The minimum Gasteiger partial charge on any atom is -0.319 e. The van der Waals surface area contributed by atoms with Gasteiger partial charge in [0.2, 0.25) is 10.0 Å². The van der Waals surface area contributed by atoms with Crippen LogP contribution in [0.1, 0.15) is 12.8 Å². The summed E-state index contributed by atoms with van der Waals surface area (Å²) in [6, 6.07) is 2.46. The Morgan fingerprint density at radius 3 is 2.45 bits per heavy atom. The molecule has 0 unspecified atom stereocenters. The summed E-state index contributed by atoms with van der Waals surface area (Å²) >= 11 is 11.4. The van der Waals surface area contributed by atoms with E-state index in [4.69, 9.17) is 23.2 Å². The van der Waals surface area contributed by atoms with Crippen molar-refractivity contribution in [1.82, 2.24) is 9.62 Å². The van der Waals surface area contributed by atoms with Crippen LogP contribution < -0.4 is 5.32 Å². The fourth-order valence-corrected chi connectivity index (χ4v) is 4.68. The number of nitrogens with one attached hydrogen (secondary N) is 1. The maximum atomic E-state index is 13.7. The van der Waals surface area contributed by atoms with Gasteiger partial charge < -0.3 is 5.32 Å². The van der Waals surface area contributed by atoms with Gasteiger partial charge in [-0.3, -0.25) is 0 Å². The van der Waals surface area contributed by atoms with Gasteiger partial charge in [0, 0.05) is 13.1 Å². The van der Waals surface area contributed by atoms with Gasteiger partial charge >= 0.3 is 0 Å². The summed E-state index contributed by atoms with van der Waals surface area (Å²) in [5.41, 5.74) is 0. The highest BCUT2D eigenvalue weighted by Gasteiger charge is 2.31. The number of rotatable bonds is 4. The normalized spacial score (nSPS) is 17.3. The first kappa shape index (κ1) is 19.9. The van der Waals surface area contributed by atoms with Crippen molar-refractivity contribution in [2.45, 2.75) is 17.7 Å². The molecule has 0 saturated carbocycles. The van der Waals surface area contributed by atoms with Crippen molar-refractivity contribution < 1.29 is 12.8 Å². The molecular formula is C13H18Cl3FN2O2S. The predicted molar refractivity (Wildman–Crippen MR) is 89.1 cm³/mol. The van der Waals surface area contributed by atoms with E-state index in [0.29, 0.717) is 19.0 Å². The summed E-state index contributed by atoms with van der Waals surface area (Å²) in [6.45, 7) is 1.69. The lowest BCUT2D eigenvalue weighted by molar-refractivity contribution is 0.270. The van der Waals surface area contributed by atoms with Crippen LogP contribution in [0.2, 0.25) is 10.0 Å². The van der Waals surface area contributed by atoms with E-state index in [1.807, 2.05) is 7.05 Å². The van der Waals surface area contributed by atoms with E-state index in [-0.39, 0.29) is 22.3 Å². The fourth-order valence-electron chi connectivity index (χ4n) is 2.49. The molecule has 0 aromatic heterocycles. The van der Waals surface area contributed by atoms with Gasteiger partial charge in [-0.15, -0.1) is 12.4 Å². The zero-order valence-electron chi connectivity index (χ0n) is 12.0. The van der Waals surface area contributed by atoms with Gasteiger partial charge in [-0.25, -0.2) is 12.8 Å². The summed E-state index contributed by atoms with van der Waals surface area (Å²) in [5, 5.41) is 2.46. The maximum Gasteiger partial charge on any atom is 0.244 e. The Morgan fingerprint density at radius 1 is 1.32 bits per heavy atom. The van der Waals surface area contributed by atoms with Crippen LogP contribution in [0, 0.1) is 11.7 Å². The summed E-state index contributed by atoms with van der Waals surface area (Å²) < 4.78 is 40.2. The van der Waals surface area contributed by atoms with Crippen molar-refractivity contribution in [2.75, 3.05) is 26.7 Å². The largest absolute Gasteiger partial charge is 0.319 e. The zero-order chi connectivity index (χ0) is 15.6. The van der Waals surface area contributed by atoms with Crippen LogP contribution in [-0.2, 0) is 10.0 Å². The topological polar surface area (TPSA) is 49.4 Å². The van der Waals surface area contributed by atoms with E-state index in [0.717, 1.165) is 19.4 Å². The SMILES string of the molecule is CNCC1CCN(S(=O)(=O)c2ccc(Cl)c(F)c2Cl)CC1.Cl. The van der Waals surface area contributed by atoms with E-state index >= 15 is 0 Å². The minimum absolute atomic E-state index is 0. The molecule has 0 aliphatic carbocycles. The molecule has 0 bridgehead atoms. The second-order valence-corrected chi connectivity index (χ2v) is 7.77. The zero-order valence-corrected chi connectivity index (χ0v) is 15.1. The molecule has 1 saturated heterocycles. The lowest BCUT2D eigenvalue weighted by Crippen LogP contribution is -2.40. The van der Waals surface area contributed by atoms with Crippen molar-refractivity contribution in [3.05, 3.63) is 28.0 Å². The van der Waals surface area contributed by atoms with Gasteiger partial charge in [0.25, 0.3) is 0 Å².